The highest BCUT2D eigenvalue weighted by atomic mass is 16.7. The quantitative estimate of drug-likeness (QED) is 0.732. The summed E-state index contributed by atoms with van der Waals surface area (Å²) in [6, 6.07) is 0.168. The monoisotopic (exact) mass is 215 g/mol. The first-order valence-electron chi connectivity index (χ1n) is 5.83. The number of rotatable bonds is 2. The van der Waals surface area contributed by atoms with Crippen molar-refractivity contribution in [1.82, 2.24) is 4.90 Å². The van der Waals surface area contributed by atoms with E-state index < -0.39 is 5.79 Å². The molecular weight excluding hydrogens is 194 g/mol. The van der Waals surface area contributed by atoms with Gasteiger partial charge in [0.15, 0.2) is 5.79 Å². The zero-order chi connectivity index (χ0) is 10.9. The maximum absolute atomic E-state index is 9.96. The molecule has 15 heavy (non-hydrogen) atoms. The minimum Gasteiger partial charge on any atom is -0.391 e. The Morgan fingerprint density at radius 3 is 2.67 bits per heavy atom. The van der Waals surface area contributed by atoms with E-state index in [1.54, 1.807) is 0 Å². The highest BCUT2D eigenvalue weighted by Gasteiger charge is 2.45. The molecule has 2 aliphatic rings. The Bertz CT molecular complexity index is 212. The summed E-state index contributed by atoms with van der Waals surface area (Å²) in [5.41, 5.74) is 0. The molecule has 1 heterocycles. The van der Waals surface area contributed by atoms with Crippen LogP contribution in [0.25, 0.3) is 0 Å². The molecule has 1 aliphatic heterocycles. The van der Waals surface area contributed by atoms with E-state index in [-0.39, 0.29) is 12.1 Å². The van der Waals surface area contributed by atoms with Crippen molar-refractivity contribution < 1.29 is 14.6 Å². The van der Waals surface area contributed by atoms with E-state index in [9.17, 15) is 5.11 Å². The summed E-state index contributed by atoms with van der Waals surface area (Å²) in [5, 5.41) is 9.96. The smallest absolute Gasteiger partial charge is 0.170 e. The van der Waals surface area contributed by atoms with Crippen LogP contribution in [0.1, 0.15) is 26.2 Å². The average Bonchev–Trinajstić information content (AvgIpc) is 2.70. The van der Waals surface area contributed by atoms with Gasteiger partial charge in [-0.25, -0.2) is 0 Å². The van der Waals surface area contributed by atoms with Gasteiger partial charge in [-0.2, -0.15) is 0 Å². The molecule has 2 unspecified atom stereocenters. The first kappa shape index (κ1) is 11.3. The van der Waals surface area contributed by atoms with Crippen molar-refractivity contribution in [2.75, 3.05) is 26.8 Å². The van der Waals surface area contributed by atoms with E-state index in [0.717, 1.165) is 25.8 Å². The fourth-order valence-corrected chi connectivity index (χ4v) is 2.56. The molecule has 1 N–H and O–H groups in total. The fraction of sp³-hybridized carbons (Fsp3) is 1.00. The number of aliphatic hydroxyl groups excluding tert-OH is 1. The molecule has 0 aromatic heterocycles. The molecule has 0 aromatic rings. The highest BCUT2D eigenvalue weighted by Crippen LogP contribution is 2.37. The van der Waals surface area contributed by atoms with Crippen molar-refractivity contribution in [3.05, 3.63) is 0 Å². The van der Waals surface area contributed by atoms with Gasteiger partial charge in [-0.3, -0.25) is 0 Å². The lowest BCUT2D eigenvalue weighted by Crippen LogP contribution is -2.52. The predicted octanol–water partition coefficient (Wildman–Crippen LogP) is 0.595. The van der Waals surface area contributed by atoms with E-state index >= 15 is 0 Å². The number of hydrogen-bond acceptors (Lipinski definition) is 4. The minimum absolute atomic E-state index is 0.168. The molecule has 1 aliphatic carbocycles. The maximum atomic E-state index is 9.96. The van der Waals surface area contributed by atoms with Crippen LogP contribution in [0.4, 0.5) is 0 Å². The second-order valence-corrected chi connectivity index (χ2v) is 4.56. The molecule has 2 fully saturated rings. The van der Waals surface area contributed by atoms with Crippen molar-refractivity contribution in [2.45, 2.75) is 44.1 Å². The number of ether oxygens (including phenoxy) is 2. The largest absolute Gasteiger partial charge is 0.391 e. The molecule has 88 valence electrons. The lowest BCUT2D eigenvalue weighted by molar-refractivity contribution is -0.203. The van der Waals surface area contributed by atoms with Gasteiger partial charge in [0.05, 0.1) is 19.3 Å². The third-order valence-electron chi connectivity index (χ3n) is 3.66. The normalized spacial score (nSPS) is 35.2. The van der Waals surface area contributed by atoms with Crippen molar-refractivity contribution in [3.8, 4) is 0 Å². The van der Waals surface area contributed by atoms with Crippen molar-refractivity contribution in [1.29, 1.82) is 0 Å². The molecule has 0 amide bonds. The summed E-state index contributed by atoms with van der Waals surface area (Å²) < 4.78 is 11.4. The van der Waals surface area contributed by atoms with Gasteiger partial charge in [-0.1, -0.05) is 6.92 Å². The zero-order valence-corrected chi connectivity index (χ0v) is 9.61. The molecule has 0 bridgehead atoms. The summed E-state index contributed by atoms with van der Waals surface area (Å²) in [6.45, 7) is 4.43. The van der Waals surface area contributed by atoms with E-state index in [1.165, 1.54) is 0 Å². The van der Waals surface area contributed by atoms with Crippen molar-refractivity contribution in [2.24, 2.45) is 0 Å². The van der Waals surface area contributed by atoms with Gasteiger partial charge >= 0.3 is 0 Å². The molecule has 0 radical (unpaired) electrons. The zero-order valence-electron chi connectivity index (χ0n) is 9.61. The predicted molar refractivity (Wildman–Crippen MR) is 56.6 cm³/mol. The van der Waals surface area contributed by atoms with E-state index in [4.69, 9.17) is 9.47 Å². The molecule has 2 rings (SSSR count). The Hall–Kier alpha value is -0.160. The van der Waals surface area contributed by atoms with Gasteiger partial charge in [0.2, 0.25) is 0 Å². The maximum Gasteiger partial charge on any atom is 0.170 e. The third kappa shape index (κ3) is 2.18. The number of hydrogen-bond donors (Lipinski definition) is 1. The Kier molecular flexibility index (Phi) is 3.30. The second-order valence-electron chi connectivity index (χ2n) is 4.56. The lowest BCUT2D eigenvalue weighted by Gasteiger charge is -2.42. The Balaban J connectivity index is 2.03. The summed E-state index contributed by atoms with van der Waals surface area (Å²) in [6.07, 6.45) is 2.14. The minimum atomic E-state index is -0.396. The average molecular weight is 215 g/mol. The van der Waals surface area contributed by atoms with Crippen LogP contribution < -0.4 is 0 Å². The molecule has 1 saturated heterocycles. The first-order valence-corrected chi connectivity index (χ1v) is 5.83. The van der Waals surface area contributed by atoms with Crippen LogP contribution in [0, 0.1) is 0 Å². The molecule has 1 spiro atoms. The first-order chi connectivity index (χ1) is 7.17. The highest BCUT2D eigenvalue weighted by molar-refractivity contribution is 4.92. The van der Waals surface area contributed by atoms with Crippen LogP contribution in [0.15, 0.2) is 0 Å². The van der Waals surface area contributed by atoms with Gasteiger partial charge in [-0.05, 0) is 20.0 Å². The van der Waals surface area contributed by atoms with Gasteiger partial charge in [0.25, 0.3) is 0 Å². The standard InChI is InChI=1S/C11H21NO3/c1-3-12(2)9-8-11(5-4-10(9)13)14-6-7-15-11/h9-10,13H,3-8H2,1-2H3. The third-order valence-corrected chi connectivity index (χ3v) is 3.66. The SMILES string of the molecule is CCN(C)C1CC2(CCC1O)OCCO2. The fourth-order valence-electron chi connectivity index (χ4n) is 2.56. The molecule has 4 nitrogen and oxygen atoms in total. The van der Waals surface area contributed by atoms with Crippen molar-refractivity contribution >= 4 is 0 Å². The van der Waals surface area contributed by atoms with Crippen LogP contribution >= 0.6 is 0 Å². The topological polar surface area (TPSA) is 41.9 Å². The van der Waals surface area contributed by atoms with Crippen LogP contribution in [0.2, 0.25) is 0 Å². The molecule has 2 atom stereocenters. The van der Waals surface area contributed by atoms with Crippen LogP contribution in [0.5, 0.6) is 0 Å². The number of likely N-dealkylation sites (N-methyl/N-ethyl adjacent to an activating group) is 1. The Morgan fingerprint density at radius 1 is 1.40 bits per heavy atom. The second kappa shape index (κ2) is 4.37. The number of aliphatic hydroxyl groups is 1. The molecule has 4 heteroatoms. The van der Waals surface area contributed by atoms with Gasteiger partial charge in [0.1, 0.15) is 0 Å². The number of nitrogens with zero attached hydrogens (tertiary/aromatic N) is 1. The summed E-state index contributed by atoms with van der Waals surface area (Å²) in [4.78, 5) is 2.18. The van der Waals surface area contributed by atoms with E-state index in [1.807, 2.05) is 7.05 Å². The van der Waals surface area contributed by atoms with Crippen molar-refractivity contribution in [3.63, 3.8) is 0 Å². The molecule has 0 aromatic carbocycles. The van der Waals surface area contributed by atoms with Crippen LogP contribution in [-0.4, -0.2) is 54.7 Å². The molecule has 1 saturated carbocycles. The summed E-state index contributed by atoms with van der Waals surface area (Å²) >= 11 is 0. The van der Waals surface area contributed by atoms with E-state index in [0.29, 0.717) is 13.2 Å². The Morgan fingerprint density at radius 2 is 2.07 bits per heavy atom. The van der Waals surface area contributed by atoms with Gasteiger partial charge in [-0.15, -0.1) is 0 Å². The van der Waals surface area contributed by atoms with Gasteiger partial charge < -0.3 is 19.5 Å². The van der Waals surface area contributed by atoms with Crippen LogP contribution in [-0.2, 0) is 9.47 Å². The lowest BCUT2D eigenvalue weighted by atomic mass is 9.86. The van der Waals surface area contributed by atoms with Crippen LogP contribution in [0.3, 0.4) is 0 Å². The summed E-state index contributed by atoms with van der Waals surface area (Å²) in [5.74, 6) is -0.396. The van der Waals surface area contributed by atoms with Gasteiger partial charge in [0, 0.05) is 18.9 Å². The molecular formula is C11H21NO3. The van der Waals surface area contributed by atoms with E-state index in [2.05, 4.69) is 11.8 Å². The Labute approximate surface area is 91.2 Å². The summed E-state index contributed by atoms with van der Waals surface area (Å²) in [7, 11) is 2.04.